The second kappa shape index (κ2) is 7.42. The summed E-state index contributed by atoms with van der Waals surface area (Å²) >= 11 is 0. The fourth-order valence-corrected chi connectivity index (χ4v) is 0.899. The van der Waals surface area contributed by atoms with Gasteiger partial charge in [-0.2, -0.15) is 13.2 Å². The van der Waals surface area contributed by atoms with E-state index in [9.17, 15) is 18.0 Å². The average Bonchev–Trinajstić information content (AvgIpc) is 2.15. The molecule has 0 aliphatic heterocycles. The number of methoxy groups -OCH3 is 1. The van der Waals surface area contributed by atoms with Crippen molar-refractivity contribution in [2.75, 3.05) is 33.5 Å². The maximum Gasteiger partial charge on any atom is 0.411 e. The predicted octanol–water partition coefficient (Wildman–Crippen LogP) is -0.345. The Balaban J connectivity index is 3.72. The van der Waals surface area contributed by atoms with Gasteiger partial charge in [0.2, 0.25) is 5.91 Å². The van der Waals surface area contributed by atoms with Gasteiger partial charge in [0, 0.05) is 13.7 Å². The molecular formula is C8H15F3N2O3. The number of nitrogens with two attached hydrogens (primary N) is 1. The smallest absolute Gasteiger partial charge is 0.383 e. The molecule has 1 amide bonds. The van der Waals surface area contributed by atoms with Crippen molar-refractivity contribution in [2.24, 2.45) is 5.73 Å². The largest absolute Gasteiger partial charge is 0.411 e. The van der Waals surface area contributed by atoms with E-state index in [0.29, 0.717) is 0 Å². The zero-order valence-electron chi connectivity index (χ0n) is 8.84. The van der Waals surface area contributed by atoms with Crippen molar-refractivity contribution in [3.63, 3.8) is 0 Å². The van der Waals surface area contributed by atoms with Gasteiger partial charge in [0.05, 0.1) is 12.6 Å². The Morgan fingerprint density at radius 1 is 1.50 bits per heavy atom. The van der Waals surface area contributed by atoms with Crippen LogP contribution in [0.5, 0.6) is 0 Å². The molecule has 0 rings (SSSR count). The predicted molar refractivity (Wildman–Crippen MR) is 49.7 cm³/mol. The Kier molecular flexibility index (Phi) is 7.02. The maximum atomic E-state index is 11.7. The van der Waals surface area contributed by atoms with E-state index >= 15 is 0 Å². The molecule has 3 N–H and O–H groups in total. The quantitative estimate of drug-likeness (QED) is 0.642. The molecule has 0 spiro atoms. The van der Waals surface area contributed by atoms with Crippen LogP contribution in [0.2, 0.25) is 0 Å². The van der Waals surface area contributed by atoms with Crippen molar-refractivity contribution in [1.29, 1.82) is 0 Å². The number of alkyl halides is 3. The van der Waals surface area contributed by atoms with Gasteiger partial charge in [0.1, 0.15) is 13.2 Å². The van der Waals surface area contributed by atoms with E-state index in [1.54, 1.807) is 0 Å². The number of hydrogen-bond acceptors (Lipinski definition) is 4. The number of nitrogens with one attached hydrogen (secondary N) is 1. The molecule has 8 heteroatoms. The molecule has 0 aliphatic carbocycles. The van der Waals surface area contributed by atoms with Crippen LogP contribution in [-0.4, -0.2) is 51.6 Å². The zero-order valence-corrected chi connectivity index (χ0v) is 8.84. The normalized spacial score (nSPS) is 13.6. The van der Waals surface area contributed by atoms with Crippen molar-refractivity contribution in [3.05, 3.63) is 0 Å². The summed E-state index contributed by atoms with van der Waals surface area (Å²) in [4.78, 5) is 11.1. The first-order valence-electron chi connectivity index (χ1n) is 4.52. The van der Waals surface area contributed by atoms with Crippen molar-refractivity contribution < 1.29 is 27.4 Å². The van der Waals surface area contributed by atoms with Crippen molar-refractivity contribution in [2.45, 2.75) is 12.2 Å². The summed E-state index contributed by atoms with van der Waals surface area (Å²) in [5.41, 5.74) is 5.29. The second-order valence-electron chi connectivity index (χ2n) is 3.06. The average molecular weight is 244 g/mol. The van der Waals surface area contributed by atoms with Crippen LogP contribution in [0.3, 0.4) is 0 Å². The molecule has 0 bridgehead atoms. The fourth-order valence-electron chi connectivity index (χ4n) is 0.899. The number of rotatable bonds is 7. The van der Waals surface area contributed by atoms with Gasteiger partial charge >= 0.3 is 6.18 Å². The van der Waals surface area contributed by atoms with Crippen molar-refractivity contribution >= 4 is 5.91 Å². The fraction of sp³-hybridized carbons (Fsp3) is 0.875. The Bertz CT molecular complexity index is 211. The van der Waals surface area contributed by atoms with E-state index < -0.39 is 31.3 Å². The molecule has 1 unspecified atom stereocenters. The summed E-state index contributed by atoms with van der Waals surface area (Å²) in [5, 5.41) is 2.37. The number of ether oxygens (including phenoxy) is 2. The highest BCUT2D eigenvalue weighted by Gasteiger charge is 2.27. The highest BCUT2D eigenvalue weighted by molar-refractivity contribution is 5.77. The van der Waals surface area contributed by atoms with Gasteiger partial charge in [-0.3, -0.25) is 4.79 Å². The van der Waals surface area contributed by atoms with Gasteiger partial charge in [-0.15, -0.1) is 0 Å². The Morgan fingerprint density at radius 2 is 2.12 bits per heavy atom. The van der Waals surface area contributed by atoms with Gasteiger partial charge in [-0.25, -0.2) is 0 Å². The van der Waals surface area contributed by atoms with Gasteiger partial charge in [-0.1, -0.05) is 0 Å². The molecule has 0 radical (unpaired) electrons. The molecule has 96 valence electrons. The van der Waals surface area contributed by atoms with Crippen LogP contribution in [0.4, 0.5) is 13.2 Å². The summed E-state index contributed by atoms with van der Waals surface area (Å²) in [6, 6.07) is -0.424. The summed E-state index contributed by atoms with van der Waals surface area (Å²) in [7, 11) is 1.43. The van der Waals surface area contributed by atoms with Gasteiger partial charge < -0.3 is 20.5 Å². The van der Waals surface area contributed by atoms with E-state index in [1.807, 2.05) is 0 Å². The topological polar surface area (TPSA) is 73.6 Å². The van der Waals surface area contributed by atoms with E-state index in [-0.39, 0.29) is 13.2 Å². The number of carbonyl (C=O) groups excluding carboxylic acids is 1. The van der Waals surface area contributed by atoms with Crippen LogP contribution >= 0.6 is 0 Å². The first kappa shape index (κ1) is 15.1. The van der Waals surface area contributed by atoms with Crippen LogP contribution in [0.1, 0.15) is 0 Å². The molecule has 0 aromatic rings. The molecule has 0 saturated heterocycles. The van der Waals surface area contributed by atoms with E-state index in [2.05, 4.69) is 10.1 Å². The van der Waals surface area contributed by atoms with Gasteiger partial charge in [-0.05, 0) is 0 Å². The Labute approximate surface area is 91.1 Å². The third-order valence-corrected chi connectivity index (χ3v) is 1.52. The van der Waals surface area contributed by atoms with E-state index in [0.717, 1.165) is 0 Å². The van der Waals surface area contributed by atoms with Gasteiger partial charge in [0.15, 0.2) is 0 Å². The lowest BCUT2D eigenvalue weighted by Crippen LogP contribution is -2.44. The van der Waals surface area contributed by atoms with Crippen LogP contribution in [-0.2, 0) is 14.3 Å². The third-order valence-electron chi connectivity index (χ3n) is 1.52. The lowest BCUT2D eigenvalue weighted by Gasteiger charge is -2.15. The van der Waals surface area contributed by atoms with Crippen LogP contribution < -0.4 is 11.1 Å². The van der Waals surface area contributed by atoms with Crippen LogP contribution in [0.25, 0.3) is 0 Å². The lowest BCUT2D eigenvalue weighted by atomic mass is 10.3. The first-order valence-corrected chi connectivity index (χ1v) is 4.52. The van der Waals surface area contributed by atoms with Gasteiger partial charge in [0.25, 0.3) is 0 Å². The molecule has 0 heterocycles. The molecule has 0 saturated carbocycles. The molecule has 0 aliphatic rings. The van der Waals surface area contributed by atoms with Crippen molar-refractivity contribution in [1.82, 2.24) is 5.32 Å². The SMILES string of the molecule is COCC(CN)NC(=O)COCC(F)(F)F. The molecular weight excluding hydrogens is 229 g/mol. The van der Waals surface area contributed by atoms with E-state index in [1.165, 1.54) is 7.11 Å². The first-order chi connectivity index (χ1) is 7.39. The molecule has 0 aromatic carbocycles. The minimum Gasteiger partial charge on any atom is -0.383 e. The third kappa shape index (κ3) is 8.45. The summed E-state index contributed by atoms with van der Waals surface area (Å²) in [6.45, 7) is -1.77. The van der Waals surface area contributed by atoms with Crippen LogP contribution in [0.15, 0.2) is 0 Å². The minimum absolute atomic E-state index is 0.138. The number of carbonyl (C=O) groups is 1. The summed E-state index contributed by atoms with van der Waals surface area (Å²) in [5.74, 6) is -0.656. The highest BCUT2D eigenvalue weighted by Crippen LogP contribution is 2.13. The number of amides is 1. The standard InChI is InChI=1S/C8H15F3N2O3/c1-15-3-6(2-12)13-7(14)4-16-5-8(9,10)11/h6H,2-5,12H2,1H3,(H,13,14). The Morgan fingerprint density at radius 3 is 2.56 bits per heavy atom. The van der Waals surface area contributed by atoms with Crippen LogP contribution in [0, 0.1) is 0 Å². The second-order valence-corrected chi connectivity index (χ2v) is 3.06. The summed E-state index contributed by atoms with van der Waals surface area (Å²) < 4.78 is 43.9. The molecule has 1 atom stereocenters. The lowest BCUT2D eigenvalue weighted by molar-refractivity contribution is -0.175. The molecule has 0 aromatic heterocycles. The molecule has 5 nitrogen and oxygen atoms in total. The van der Waals surface area contributed by atoms with E-state index in [4.69, 9.17) is 10.5 Å². The summed E-state index contributed by atoms with van der Waals surface area (Å²) in [6.07, 6.45) is -4.43. The minimum atomic E-state index is -4.43. The maximum absolute atomic E-state index is 11.7. The highest BCUT2D eigenvalue weighted by atomic mass is 19.4. The monoisotopic (exact) mass is 244 g/mol. The van der Waals surface area contributed by atoms with Crippen molar-refractivity contribution in [3.8, 4) is 0 Å². The molecule has 0 fully saturated rings. The number of halogens is 3. The number of hydrogen-bond donors (Lipinski definition) is 2. The molecule has 16 heavy (non-hydrogen) atoms. The zero-order chi connectivity index (χ0) is 12.6. The Hall–Kier alpha value is -0.860.